The highest BCUT2D eigenvalue weighted by atomic mass is 16.2. The van der Waals surface area contributed by atoms with E-state index in [0.29, 0.717) is 0 Å². The molecule has 1 aromatic carbocycles. The Morgan fingerprint density at radius 3 is 2.27 bits per heavy atom. The lowest BCUT2D eigenvalue weighted by molar-refractivity contribution is -0.125. The summed E-state index contributed by atoms with van der Waals surface area (Å²) in [5, 5.41) is 0. The van der Waals surface area contributed by atoms with Crippen molar-refractivity contribution in [2.45, 2.75) is 59.3 Å². The van der Waals surface area contributed by atoms with Gasteiger partial charge in [-0.25, -0.2) is 0 Å². The van der Waals surface area contributed by atoms with E-state index in [1.807, 2.05) is 19.9 Å². The average Bonchev–Trinajstić information content (AvgIpc) is 2.75. The van der Waals surface area contributed by atoms with Gasteiger partial charge in [0.25, 0.3) is 0 Å². The van der Waals surface area contributed by atoms with Crippen LogP contribution in [0.15, 0.2) is 30.0 Å². The number of unbranched alkanes of at least 4 members (excludes halogenated alkanes) is 4. The van der Waals surface area contributed by atoms with Crippen LogP contribution in [0.3, 0.4) is 0 Å². The maximum absolute atomic E-state index is 11.7. The van der Waals surface area contributed by atoms with Crippen molar-refractivity contribution in [1.82, 2.24) is 10.9 Å². The maximum atomic E-state index is 11.7. The molecule has 0 radical (unpaired) electrons. The van der Waals surface area contributed by atoms with Crippen LogP contribution in [0.5, 0.6) is 0 Å². The Morgan fingerprint density at radius 2 is 1.68 bits per heavy atom. The Labute approximate surface area is 134 Å². The predicted octanol–water partition coefficient (Wildman–Crippen LogP) is 4.20. The number of amides is 1. The topological polar surface area (TPSA) is 41.1 Å². The Kier molecular flexibility index (Phi) is 5.64. The number of aryl methyl sites for hydroxylation is 1. The van der Waals surface area contributed by atoms with Crippen molar-refractivity contribution in [1.29, 1.82) is 0 Å². The minimum absolute atomic E-state index is 0.0162. The summed E-state index contributed by atoms with van der Waals surface area (Å²) in [6.45, 7) is 6.11. The largest absolute Gasteiger partial charge is 0.302 e. The second-order valence-corrected chi connectivity index (χ2v) is 6.67. The molecule has 1 aliphatic rings. The molecule has 0 saturated carbocycles. The van der Waals surface area contributed by atoms with Crippen molar-refractivity contribution < 1.29 is 4.79 Å². The first kappa shape index (κ1) is 16.6. The molecule has 0 unspecified atom stereocenters. The molecule has 1 saturated heterocycles. The van der Waals surface area contributed by atoms with Crippen molar-refractivity contribution in [3.05, 3.63) is 41.1 Å². The summed E-state index contributed by atoms with van der Waals surface area (Å²) in [5.74, 6) is 0.0162. The molecular formula is C19H28N2O. The fourth-order valence-electron chi connectivity index (χ4n) is 2.66. The van der Waals surface area contributed by atoms with Crippen LogP contribution in [0, 0.1) is 5.41 Å². The summed E-state index contributed by atoms with van der Waals surface area (Å²) in [7, 11) is 0. The van der Waals surface area contributed by atoms with E-state index in [1.165, 1.54) is 37.7 Å². The van der Waals surface area contributed by atoms with Crippen molar-refractivity contribution in [2.24, 2.45) is 5.41 Å². The fourth-order valence-corrected chi connectivity index (χ4v) is 2.66. The first-order valence-electron chi connectivity index (χ1n) is 8.41. The van der Waals surface area contributed by atoms with Gasteiger partial charge >= 0.3 is 0 Å². The monoisotopic (exact) mass is 300 g/mol. The molecule has 1 aromatic rings. The molecule has 0 aliphatic carbocycles. The van der Waals surface area contributed by atoms with Crippen LogP contribution in [0.25, 0.3) is 6.08 Å². The average molecular weight is 300 g/mol. The molecule has 2 N–H and O–H groups in total. The van der Waals surface area contributed by atoms with Gasteiger partial charge in [0.2, 0.25) is 5.91 Å². The van der Waals surface area contributed by atoms with Crippen LogP contribution in [-0.4, -0.2) is 5.91 Å². The molecule has 3 nitrogen and oxygen atoms in total. The Balaban J connectivity index is 1.91. The van der Waals surface area contributed by atoms with Gasteiger partial charge in [0.1, 0.15) is 0 Å². The zero-order valence-electron chi connectivity index (χ0n) is 14.0. The van der Waals surface area contributed by atoms with Crippen LogP contribution in [-0.2, 0) is 11.2 Å². The number of hydrazine groups is 1. The Morgan fingerprint density at radius 1 is 1.00 bits per heavy atom. The van der Waals surface area contributed by atoms with Gasteiger partial charge in [0.05, 0.1) is 5.41 Å². The number of carbonyl (C=O) groups excluding carboxylic acids is 1. The Hall–Kier alpha value is -1.77. The first-order valence-corrected chi connectivity index (χ1v) is 8.41. The highest BCUT2D eigenvalue weighted by Crippen LogP contribution is 2.29. The number of rotatable bonds is 7. The zero-order valence-corrected chi connectivity index (χ0v) is 14.0. The van der Waals surface area contributed by atoms with Crippen molar-refractivity contribution in [3.8, 4) is 0 Å². The third kappa shape index (κ3) is 4.12. The van der Waals surface area contributed by atoms with Gasteiger partial charge in [-0.2, -0.15) is 0 Å². The van der Waals surface area contributed by atoms with Crippen molar-refractivity contribution in [2.75, 3.05) is 0 Å². The van der Waals surface area contributed by atoms with Gasteiger partial charge in [0, 0.05) is 5.70 Å². The lowest BCUT2D eigenvalue weighted by atomic mass is 9.89. The van der Waals surface area contributed by atoms with E-state index >= 15 is 0 Å². The molecule has 1 heterocycles. The molecule has 0 atom stereocenters. The third-order valence-electron chi connectivity index (χ3n) is 4.41. The molecule has 0 spiro atoms. The molecule has 1 fully saturated rings. The summed E-state index contributed by atoms with van der Waals surface area (Å²) < 4.78 is 0. The van der Waals surface area contributed by atoms with Gasteiger partial charge in [-0.1, -0.05) is 56.9 Å². The smallest absolute Gasteiger partial charge is 0.249 e. The van der Waals surface area contributed by atoms with E-state index in [9.17, 15) is 4.79 Å². The van der Waals surface area contributed by atoms with E-state index in [4.69, 9.17) is 0 Å². The fraction of sp³-hybridized carbons (Fsp3) is 0.526. The lowest BCUT2D eigenvalue weighted by Crippen LogP contribution is -2.28. The Bertz CT molecular complexity index is 529. The van der Waals surface area contributed by atoms with Gasteiger partial charge in [-0.3, -0.25) is 10.2 Å². The van der Waals surface area contributed by atoms with E-state index in [0.717, 1.165) is 17.7 Å². The number of nitrogens with one attached hydrogen (secondary N) is 2. The highest BCUT2D eigenvalue weighted by Gasteiger charge is 2.37. The van der Waals surface area contributed by atoms with Gasteiger partial charge < -0.3 is 5.43 Å². The SMILES string of the molecule is CCCCCCCc1ccc(/C=C2\NNC(=O)C2(C)C)cc1. The molecule has 0 aromatic heterocycles. The first-order chi connectivity index (χ1) is 10.5. The quantitative estimate of drug-likeness (QED) is 0.741. The molecule has 120 valence electrons. The molecule has 22 heavy (non-hydrogen) atoms. The van der Waals surface area contributed by atoms with Crippen molar-refractivity contribution >= 4 is 12.0 Å². The van der Waals surface area contributed by atoms with Crippen LogP contribution in [0.2, 0.25) is 0 Å². The second kappa shape index (κ2) is 7.48. The molecule has 1 amide bonds. The third-order valence-corrected chi connectivity index (χ3v) is 4.41. The van der Waals surface area contributed by atoms with Crippen LogP contribution in [0.1, 0.15) is 64.0 Å². The minimum atomic E-state index is -0.488. The van der Waals surface area contributed by atoms with Gasteiger partial charge in [0.15, 0.2) is 0 Å². The summed E-state index contributed by atoms with van der Waals surface area (Å²) >= 11 is 0. The van der Waals surface area contributed by atoms with E-state index < -0.39 is 5.41 Å². The maximum Gasteiger partial charge on any atom is 0.249 e. The number of hydrogen-bond acceptors (Lipinski definition) is 2. The highest BCUT2D eigenvalue weighted by molar-refractivity contribution is 5.89. The number of carbonyl (C=O) groups is 1. The minimum Gasteiger partial charge on any atom is -0.302 e. The number of benzene rings is 1. The van der Waals surface area contributed by atoms with Gasteiger partial charge in [-0.05, 0) is 43.9 Å². The summed E-state index contributed by atoms with van der Waals surface area (Å²) in [4.78, 5) is 11.7. The summed E-state index contributed by atoms with van der Waals surface area (Å²) in [5.41, 5.74) is 8.61. The van der Waals surface area contributed by atoms with Gasteiger partial charge in [-0.15, -0.1) is 0 Å². The molecule has 2 rings (SSSR count). The number of hydrogen-bond donors (Lipinski definition) is 2. The normalized spacial score (nSPS) is 18.3. The summed E-state index contributed by atoms with van der Waals surface area (Å²) in [6.07, 6.45) is 9.79. The second-order valence-electron chi connectivity index (χ2n) is 6.67. The van der Waals surface area contributed by atoms with E-state index in [-0.39, 0.29) is 5.91 Å². The molecule has 1 aliphatic heterocycles. The van der Waals surface area contributed by atoms with Crippen LogP contribution < -0.4 is 10.9 Å². The van der Waals surface area contributed by atoms with Crippen molar-refractivity contribution in [3.63, 3.8) is 0 Å². The lowest BCUT2D eigenvalue weighted by Gasteiger charge is -2.14. The van der Waals surface area contributed by atoms with Crippen LogP contribution >= 0.6 is 0 Å². The standard InChI is InChI=1S/C19H28N2O/c1-4-5-6-7-8-9-15-10-12-16(13-11-15)14-17-19(2,3)18(22)21-20-17/h10-14,20H,4-9H2,1-3H3,(H,21,22)/b17-14-. The van der Waals surface area contributed by atoms with E-state index in [1.54, 1.807) is 0 Å². The summed E-state index contributed by atoms with van der Waals surface area (Å²) in [6, 6.07) is 8.66. The predicted molar refractivity (Wildman–Crippen MR) is 91.9 cm³/mol. The molecule has 3 heteroatoms. The van der Waals surface area contributed by atoms with Crippen LogP contribution in [0.4, 0.5) is 0 Å². The van der Waals surface area contributed by atoms with E-state index in [2.05, 4.69) is 42.0 Å². The molecular weight excluding hydrogens is 272 g/mol. The zero-order chi connectivity index (χ0) is 16.0. The molecule has 0 bridgehead atoms.